The lowest BCUT2D eigenvalue weighted by Gasteiger charge is -2.53. The topological polar surface area (TPSA) is 26.0 Å². The van der Waals surface area contributed by atoms with Crippen LogP contribution in [-0.4, -0.2) is 5.54 Å². The van der Waals surface area contributed by atoms with Crippen LogP contribution in [0.3, 0.4) is 0 Å². The molecule has 0 aromatic heterocycles. The molecule has 0 heterocycles. The van der Waals surface area contributed by atoms with Crippen LogP contribution in [0.2, 0.25) is 0 Å². The first kappa shape index (κ1) is 15.0. The smallest absolute Gasteiger partial charge is 0.0190 e. The summed E-state index contributed by atoms with van der Waals surface area (Å²) in [7, 11) is 0. The van der Waals surface area contributed by atoms with E-state index in [0.29, 0.717) is 16.7 Å². The van der Waals surface area contributed by atoms with Crippen molar-refractivity contribution in [1.82, 2.24) is 0 Å². The lowest BCUT2D eigenvalue weighted by atomic mass is 9.55. The van der Waals surface area contributed by atoms with E-state index in [9.17, 15) is 0 Å². The van der Waals surface area contributed by atoms with Crippen molar-refractivity contribution in [3.05, 3.63) is 0 Å². The first-order valence-electron chi connectivity index (χ1n) is 7.25. The quantitative estimate of drug-likeness (QED) is 0.765. The third kappa shape index (κ3) is 3.98. The minimum atomic E-state index is 0.0372. The van der Waals surface area contributed by atoms with Gasteiger partial charge in [-0.2, -0.15) is 0 Å². The van der Waals surface area contributed by atoms with Crippen LogP contribution in [0.25, 0.3) is 0 Å². The Bertz CT molecular complexity index is 247. The molecule has 1 rings (SSSR count). The van der Waals surface area contributed by atoms with Crippen LogP contribution in [0.5, 0.6) is 0 Å². The van der Waals surface area contributed by atoms with Crippen molar-refractivity contribution in [1.29, 1.82) is 0 Å². The van der Waals surface area contributed by atoms with Gasteiger partial charge < -0.3 is 5.73 Å². The van der Waals surface area contributed by atoms with Gasteiger partial charge in [0, 0.05) is 5.54 Å². The van der Waals surface area contributed by atoms with Gasteiger partial charge in [0.05, 0.1) is 0 Å². The van der Waals surface area contributed by atoms with Crippen molar-refractivity contribution < 1.29 is 0 Å². The Balaban J connectivity index is 2.87. The van der Waals surface area contributed by atoms with E-state index in [1.165, 1.54) is 25.7 Å². The Morgan fingerprint density at radius 1 is 0.882 bits per heavy atom. The summed E-state index contributed by atoms with van der Waals surface area (Å²) in [5.41, 5.74) is 7.62. The fraction of sp³-hybridized carbons (Fsp3) is 1.00. The largest absolute Gasteiger partial charge is 0.325 e. The first-order chi connectivity index (χ1) is 7.46. The van der Waals surface area contributed by atoms with Gasteiger partial charge in [-0.15, -0.1) is 0 Å². The summed E-state index contributed by atoms with van der Waals surface area (Å²) in [4.78, 5) is 0. The van der Waals surface area contributed by atoms with Crippen LogP contribution < -0.4 is 5.73 Å². The Morgan fingerprint density at radius 3 is 1.65 bits per heavy atom. The van der Waals surface area contributed by atoms with Gasteiger partial charge in [0.25, 0.3) is 0 Å². The summed E-state index contributed by atoms with van der Waals surface area (Å²) in [5, 5.41) is 0. The normalized spacial score (nSPS) is 28.1. The van der Waals surface area contributed by atoms with Crippen LogP contribution in [0, 0.1) is 22.7 Å². The monoisotopic (exact) mass is 239 g/mol. The molecule has 0 aromatic carbocycles. The molecule has 2 N–H and O–H groups in total. The predicted octanol–water partition coefficient (Wildman–Crippen LogP) is 4.60. The molecular weight excluding hydrogens is 206 g/mol. The zero-order valence-corrected chi connectivity index (χ0v) is 13.1. The van der Waals surface area contributed by atoms with E-state index in [4.69, 9.17) is 5.73 Å². The second-order valence-electron chi connectivity index (χ2n) is 8.62. The third-order valence-electron chi connectivity index (χ3n) is 4.38. The van der Waals surface area contributed by atoms with Crippen molar-refractivity contribution in [3.63, 3.8) is 0 Å². The molecule has 0 bridgehead atoms. The molecule has 1 aliphatic carbocycles. The Kier molecular flexibility index (Phi) is 4.04. The molecule has 0 aromatic rings. The Hall–Kier alpha value is -0.0400. The van der Waals surface area contributed by atoms with E-state index in [1.54, 1.807) is 0 Å². The van der Waals surface area contributed by atoms with Crippen molar-refractivity contribution >= 4 is 0 Å². The average Bonchev–Trinajstić information content (AvgIpc) is 1.94. The van der Waals surface area contributed by atoms with Crippen LogP contribution >= 0.6 is 0 Å². The third-order valence-corrected chi connectivity index (χ3v) is 4.38. The number of rotatable bonds is 3. The van der Waals surface area contributed by atoms with Crippen molar-refractivity contribution in [2.24, 2.45) is 28.4 Å². The molecule has 17 heavy (non-hydrogen) atoms. The molecule has 0 radical (unpaired) electrons. The minimum absolute atomic E-state index is 0.0372. The number of hydrogen-bond donors (Lipinski definition) is 1. The lowest BCUT2D eigenvalue weighted by Crippen LogP contribution is -2.56. The highest BCUT2D eigenvalue weighted by Crippen LogP contribution is 2.52. The molecule has 0 saturated heterocycles. The van der Waals surface area contributed by atoms with Crippen LogP contribution in [0.15, 0.2) is 0 Å². The zero-order chi connectivity index (χ0) is 13.5. The summed E-state index contributed by atoms with van der Waals surface area (Å²) in [5.74, 6) is 1.37. The molecule has 1 atom stereocenters. The van der Waals surface area contributed by atoms with E-state index in [2.05, 4.69) is 48.5 Å². The second kappa shape index (κ2) is 4.57. The molecule has 1 nitrogen and oxygen atoms in total. The lowest BCUT2D eigenvalue weighted by molar-refractivity contribution is 0.0170. The first-order valence-corrected chi connectivity index (χ1v) is 7.25. The molecule has 1 fully saturated rings. The molecule has 1 unspecified atom stereocenters. The molecule has 1 heteroatoms. The van der Waals surface area contributed by atoms with Crippen LogP contribution in [0.1, 0.15) is 74.1 Å². The molecular formula is C16H33N. The van der Waals surface area contributed by atoms with Crippen molar-refractivity contribution in [2.45, 2.75) is 79.7 Å². The second-order valence-corrected chi connectivity index (χ2v) is 8.62. The maximum atomic E-state index is 6.80. The van der Waals surface area contributed by atoms with Gasteiger partial charge >= 0.3 is 0 Å². The highest BCUT2D eigenvalue weighted by Gasteiger charge is 2.47. The van der Waals surface area contributed by atoms with Crippen LogP contribution in [0.4, 0.5) is 0 Å². The number of nitrogens with two attached hydrogens (primary N) is 1. The fourth-order valence-corrected chi connectivity index (χ4v) is 4.56. The van der Waals surface area contributed by atoms with Crippen molar-refractivity contribution in [2.75, 3.05) is 0 Å². The summed E-state index contributed by atoms with van der Waals surface area (Å²) < 4.78 is 0. The summed E-state index contributed by atoms with van der Waals surface area (Å²) >= 11 is 0. The Labute approximate surface area is 109 Å². The predicted molar refractivity (Wildman–Crippen MR) is 77.0 cm³/mol. The maximum Gasteiger partial charge on any atom is 0.0190 e. The van der Waals surface area contributed by atoms with E-state index in [0.717, 1.165) is 5.92 Å². The Morgan fingerprint density at radius 2 is 1.29 bits per heavy atom. The highest BCUT2D eigenvalue weighted by molar-refractivity contribution is 5.03. The van der Waals surface area contributed by atoms with Gasteiger partial charge in [-0.25, -0.2) is 0 Å². The number of hydrogen-bond acceptors (Lipinski definition) is 1. The van der Waals surface area contributed by atoms with E-state index < -0.39 is 0 Å². The molecule has 0 spiro atoms. The van der Waals surface area contributed by atoms with E-state index >= 15 is 0 Å². The molecule has 0 aliphatic heterocycles. The van der Waals surface area contributed by atoms with E-state index in [1.807, 2.05) is 0 Å². The zero-order valence-electron chi connectivity index (χ0n) is 13.1. The van der Waals surface area contributed by atoms with Crippen LogP contribution in [-0.2, 0) is 0 Å². The van der Waals surface area contributed by atoms with Gasteiger partial charge in [-0.3, -0.25) is 0 Å². The summed E-state index contributed by atoms with van der Waals surface area (Å²) in [6.45, 7) is 16.5. The fourth-order valence-electron chi connectivity index (χ4n) is 4.56. The molecule has 1 saturated carbocycles. The van der Waals surface area contributed by atoms with Crippen molar-refractivity contribution in [3.8, 4) is 0 Å². The summed E-state index contributed by atoms with van der Waals surface area (Å²) in [6.07, 6.45) is 4.91. The molecule has 1 aliphatic rings. The standard InChI is InChI=1S/C16H33N/c1-12(2)8-13(3)16(17)10-14(4,5)9-15(6,7)11-16/h12-13H,8-11,17H2,1-7H3. The van der Waals surface area contributed by atoms with Gasteiger partial charge in [0.2, 0.25) is 0 Å². The van der Waals surface area contributed by atoms with Gasteiger partial charge in [0.15, 0.2) is 0 Å². The van der Waals surface area contributed by atoms with Gasteiger partial charge in [-0.05, 0) is 48.3 Å². The average molecular weight is 239 g/mol. The molecule has 0 amide bonds. The highest BCUT2D eigenvalue weighted by atomic mass is 14.8. The SMILES string of the molecule is CC(C)CC(C)C1(N)CC(C)(C)CC(C)(C)C1. The van der Waals surface area contributed by atoms with E-state index in [-0.39, 0.29) is 5.54 Å². The van der Waals surface area contributed by atoms with Gasteiger partial charge in [0.1, 0.15) is 0 Å². The molecule has 102 valence electrons. The maximum absolute atomic E-state index is 6.80. The minimum Gasteiger partial charge on any atom is -0.325 e. The summed E-state index contributed by atoms with van der Waals surface area (Å²) in [6, 6.07) is 0. The van der Waals surface area contributed by atoms with Gasteiger partial charge in [-0.1, -0.05) is 48.5 Å².